The lowest BCUT2D eigenvalue weighted by atomic mass is 10.0. The highest BCUT2D eigenvalue weighted by atomic mass is 15.2. The van der Waals surface area contributed by atoms with Crippen molar-refractivity contribution >= 4 is 27.7 Å². The minimum absolute atomic E-state index is 0.365. The van der Waals surface area contributed by atoms with Gasteiger partial charge in [-0.1, -0.05) is 24.3 Å². The van der Waals surface area contributed by atoms with Crippen molar-refractivity contribution in [2.24, 2.45) is 0 Å². The van der Waals surface area contributed by atoms with Crippen LogP contribution in [-0.4, -0.2) is 18.9 Å². The highest BCUT2D eigenvalue weighted by molar-refractivity contribution is 5.86. The Labute approximate surface area is 166 Å². The lowest BCUT2D eigenvalue weighted by Gasteiger charge is -2.18. The molecule has 0 atom stereocenters. The van der Waals surface area contributed by atoms with Crippen LogP contribution in [-0.2, 0) is 6.42 Å². The third-order valence-electron chi connectivity index (χ3n) is 5.37. The van der Waals surface area contributed by atoms with E-state index in [9.17, 15) is 10.5 Å². The zero-order chi connectivity index (χ0) is 20.0. The van der Waals surface area contributed by atoms with Crippen molar-refractivity contribution in [2.75, 3.05) is 0 Å². The number of imidazole rings is 2. The normalized spacial score (nSPS) is 11.1. The molecule has 5 rings (SSSR count). The molecule has 3 heterocycles. The van der Waals surface area contributed by atoms with Gasteiger partial charge in [-0.25, -0.2) is 9.97 Å². The van der Waals surface area contributed by atoms with Crippen molar-refractivity contribution in [3.8, 4) is 18.0 Å². The first-order valence-electron chi connectivity index (χ1n) is 9.36. The summed E-state index contributed by atoms with van der Waals surface area (Å²) in [5.41, 5.74) is 6.59. The van der Waals surface area contributed by atoms with Gasteiger partial charge in [0.1, 0.15) is 18.2 Å². The van der Waals surface area contributed by atoms with Crippen molar-refractivity contribution in [3.63, 3.8) is 0 Å². The highest BCUT2D eigenvalue weighted by Gasteiger charge is 2.22. The second kappa shape index (κ2) is 6.47. The maximum absolute atomic E-state index is 9.90. The van der Waals surface area contributed by atoms with Gasteiger partial charge in [0, 0.05) is 6.42 Å². The standard InChI is InChI=1S/C23H16N6/c1-15-16(7-6-12-24)23(28-14-26-18-8-2-4-10-20(18)28)29-21-11-5-3-9-19(21)27-22(29)17(15)13-25/h2-5,8-11,14H,6-7H2,1H3. The van der Waals surface area contributed by atoms with Gasteiger partial charge in [0.2, 0.25) is 0 Å². The Morgan fingerprint density at radius 3 is 2.45 bits per heavy atom. The van der Waals surface area contributed by atoms with E-state index in [4.69, 9.17) is 4.98 Å². The molecule has 6 heteroatoms. The quantitative estimate of drug-likeness (QED) is 0.465. The number of pyridine rings is 1. The summed E-state index contributed by atoms with van der Waals surface area (Å²) in [5.74, 6) is 0.883. The van der Waals surface area contributed by atoms with Crippen LogP contribution in [0, 0.1) is 29.6 Å². The molecular formula is C23H16N6. The topological polar surface area (TPSA) is 82.7 Å². The second-order valence-corrected chi connectivity index (χ2v) is 6.93. The molecule has 0 saturated heterocycles. The number of nitriles is 2. The largest absolute Gasteiger partial charge is 0.284 e. The molecule has 0 saturated carbocycles. The molecule has 138 valence electrons. The van der Waals surface area contributed by atoms with E-state index in [1.807, 2.05) is 64.4 Å². The summed E-state index contributed by atoms with van der Waals surface area (Å²) in [4.78, 5) is 9.32. The van der Waals surface area contributed by atoms with E-state index >= 15 is 0 Å². The maximum atomic E-state index is 9.90. The number of fused-ring (bicyclic) bond motifs is 4. The van der Waals surface area contributed by atoms with Crippen molar-refractivity contribution in [3.05, 3.63) is 71.5 Å². The van der Waals surface area contributed by atoms with E-state index in [2.05, 4.69) is 17.1 Å². The first kappa shape index (κ1) is 17.0. The first-order chi connectivity index (χ1) is 14.2. The number of hydrogen-bond acceptors (Lipinski definition) is 4. The summed E-state index contributed by atoms with van der Waals surface area (Å²) < 4.78 is 4.07. The van der Waals surface area contributed by atoms with Gasteiger partial charge >= 0.3 is 0 Å². The Morgan fingerprint density at radius 1 is 0.966 bits per heavy atom. The summed E-state index contributed by atoms with van der Waals surface area (Å²) in [7, 11) is 0. The zero-order valence-corrected chi connectivity index (χ0v) is 15.8. The third-order valence-corrected chi connectivity index (χ3v) is 5.37. The van der Waals surface area contributed by atoms with Crippen molar-refractivity contribution in [1.29, 1.82) is 10.5 Å². The molecule has 29 heavy (non-hydrogen) atoms. The molecule has 6 nitrogen and oxygen atoms in total. The van der Waals surface area contributed by atoms with E-state index in [-0.39, 0.29) is 0 Å². The molecule has 0 radical (unpaired) electrons. The highest BCUT2D eigenvalue weighted by Crippen LogP contribution is 2.32. The molecule has 3 aromatic heterocycles. The van der Waals surface area contributed by atoms with Gasteiger partial charge in [-0.05, 0) is 48.7 Å². The smallest absolute Gasteiger partial charge is 0.157 e. The molecule has 0 bridgehead atoms. The summed E-state index contributed by atoms with van der Waals surface area (Å²) >= 11 is 0. The molecular weight excluding hydrogens is 360 g/mol. The molecule has 2 aromatic carbocycles. The molecule has 0 aliphatic rings. The molecule has 0 amide bonds. The third kappa shape index (κ3) is 2.40. The second-order valence-electron chi connectivity index (χ2n) is 6.93. The number of hydrogen-bond donors (Lipinski definition) is 0. The Bertz CT molecular complexity index is 1490. The Hall–Kier alpha value is -4.16. The Balaban J connectivity index is 2.03. The van der Waals surface area contributed by atoms with Crippen LogP contribution in [0.3, 0.4) is 0 Å². The van der Waals surface area contributed by atoms with Crippen molar-refractivity contribution < 1.29 is 0 Å². The van der Waals surface area contributed by atoms with Crippen LogP contribution >= 0.6 is 0 Å². The van der Waals surface area contributed by atoms with E-state index < -0.39 is 0 Å². The van der Waals surface area contributed by atoms with E-state index in [1.165, 1.54) is 0 Å². The van der Waals surface area contributed by atoms with Gasteiger partial charge in [0.05, 0.1) is 33.7 Å². The minimum Gasteiger partial charge on any atom is -0.284 e. The average molecular weight is 376 g/mol. The van der Waals surface area contributed by atoms with Crippen LogP contribution in [0.5, 0.6) is 0 Å². The Morgan fingerprint density at radius 2 is 1.69 bits per heavy atom. The molecule has 0 aliphatic heterocycles. The minimum atomic E-state index is 0.365. The molecule has 0 aliphatic carbocycles. The van der Waals surface area contributed by atoms with Crippen LogP contribution in [0.2, 0.25) is 0 Å². The summed E-state index contributed by atoms with van der Waals surface area (Å²) in [5, 5.41) is 19.1. The fourth-order valence-electron chi connectivity index (χ4n) is 4.02. The zero-order valence-electron chi connectivity index (χ0n) is 15.8. The van der Waals surface area contributed by atoms with Gasteiger partial charge in [0.25, 0.3) is 0 Å². The lowest BCUT2D eigenvalue weighted by molar-refractivity contribution is 0.904. The molecule has 0 spiro atoms. The number of rotatable bonds is 3. The van der Waals surface area contributed by atoms with E-state index in [0.29, 0.717) is 24.1 Å². The van der Waals surface area contributed by atoms with Crippen LogP contribution < -0.4 is 0 Å². The van der Waals surface area contributed by atoms with Gasteiger partial charge in [-0.2, -0.15) is 10.5 Å². The van der Waals surface area contributed by atoms with Crippen molar-refractivity contribution in [1.82, 2.24) is 18.9 Å². The van der Waals surface area contributed by atoms with E-state index in [0.717, 1.165) is 39.0 Å². The fraction of sp³-hybridized carbons (Fsp3) is 0.130. The average Bonchev–Trinajstić information content (AvgIpc) is 3.34. The van der Waals surface area contributed by atoms with Crippen LogP contribution in [0.15, 0.2) is 54.9 Å². The summed E-state index contributed by atoms with van der Waals surface area (Å²) in [6.45, 7) is 1.94. The van der Waals surface area contributed by atoms with Crippen LogP contribution in [0.25, 0.3) is 33.5 Å². The van der Waals surface area contributed by atoms with Gasteiger partial charge in [-0.3, -0.25) is 8.97 Å². The number of benzene rings is 2. The Kier molecular flexibility index (Phi) is 3.79. The van der Waals surface area contributed by atoms with Gasteiger partial charge in [-0.15, -0.1) is 0 Å². The molecule has 0 N–H and O–H groups in total. The fourth-order valence-corrected chi connectivity index (χ4v) is 4.02. The summed E-state index contributed by atoms with van der Waals surface area (Å²) in [6.07, 6.45) is 2.71. The first-order valence-corrected chi connectivity index (χ1v) is 9.36. The van der Waals surface area contributed by atoms with Gasteiger partial charge < -0.3 is 0 Å². The van der Waals surface area contributed by atoms with Gasteiger partial charge in [0.15, 0.2) is 5.65 Å². The predicted molar refractivity (Wildman–Crippen MR) is 111 cm³/mol. The van der Waals surface area contributed by atoms with E-state index in [1.54, 1.807) is 6.33 Å². The number of aromatic nitrogens is 4. The lowest BCUT2D eigenvalue weighted by Crippen LogP contribution is -2.10. The number of nitrogens with zero attached hydrogens (tertiary/aromatic N) is 6. The van der Waals surface area contributed by atoms with Crippen LogP contribution in [0.4, 0.5) is 0 Å². The SMILES string of the molecule is Cc1c(CCC#N)c(-n2cnc3ccccc32)n2c(nc3ccccc32)c1C#N. The van der Waals surface area contributed by atoms with Crippen molar-refractivity contribution in [2.45, 2.75) is 19.8 Å². The predicted octanol–water partition coefficient (Wildman–Crippen LogP) is 4.46. The molecule has 0 unspecified atom stereocenters. The van der Waals surface area contributed by atoms with Crippen LogP contribution in [0.1, 0.15) is 23.1 Å². The maximum Gasteiger partial charge on any atom is 0.157 e. The molecule has 0 fully saturated rings. The monoisotopic (exact) mass is 376 g/mol. The number of para-hydroxylation sites is 4. The molecule has 5 aromatic rings. The summed E-state index contributed by atoms with van der Waals surface area (Å²) in [6, 6.07) is 20.4.